The quantitative estimate of drug-likeness (QED) is 0.224. The van der Waals surface area contributed by atoms with Crippen molar-refractivity contribution in [3.63, 3.8) is 0 Å². The molecule has 37 heavy (non-hydrogen) atoms. The Morgan fingerprint density at radius 3 is 1.49 bits per heavy atom. The van der Waals surface area contributed by atoms with Crippen LogP contribution in [0.1, 0.15) is 11.4 Å². The Balaban J connectivity index is 1.58. The second-order valence-corrected chi connectivity index (χ2v) is 13.8. The molecule has 0 saturated heterocycles. The van der Waals surface area contributed by atoms with Gasteiger partial charge in [-0.05, 0) is 18.5 Å². The first kappa shape index (κ1) is 25.0. The predicted octanol–water partition coefficient (Wildman–Crippen LogP) is 5.23. The second kappa shape index (κ2) is 11.1. The SMILES string of the molecule is O=c1cc(CP(c2ccccc2)c2ccccc2)n(O)c(CP(=O)(c2ccccc2)c2ccccc2)c1. The Morgan fingerprint density at radius 1 is 0.622 bits per heavy atom. The molecular formula is C31H27NO3P2. The number of aromatic nitrogens is 1. The normalized spacial score (nSPS) is 11.5. The third-order valence-corrected chi connectivity index (χ3v) is 11.9. The van der Waals surface area contributed by atoms with Crippen LogP contribution in [0.15, 0.2) is 138 Å². The molecule has 5 aromatic rings. The fourth-order valence-corrected chi connectivity index (χ4v) is 9.44. The molecule has 0 unspecified atom stereocenters. The molecule has 0 spiro atoms. The lowest BCUT2D eigenvalue weighted by Crippen LogP contribution is -2.22. The van der Waals surface area contributed by atoms with E-state index in [2.05, 4.69) is 24.3 Å². The van der Waals surface area contributed by atoms with Crippen LogP contribution >= 0.6 is 15.1 Å². The molecule has 184 valence electrons. The first-order valence-corrected chi connectivity index (χ1v) is 15.5. The molecule has 0 amide bonds. The fraction of sp³-hybridized carbons (Fsp3) is 0.0645. The zero-order valence-corrected chi connectivity index (χ0v) is 22.0. The number of nitrogens with zero attached hydrogens (tertiary/aromatic N) is 1. The van der Waals surface area contributed by atoms with Gasteiger partial charge in [-0.15, -0.1) is 0 Å². The molecular weight excluding hydrogens is 496 g/mol. The Bertz CT molecular complexity index is 1490. The van der Waals surface area contributed by atoms with Crippen molar-refractivity contribution in [2.75, 3.05) is 0 Å². The first-order valence-electron chi connectivity index (χ1n) is 12.1. The number of hydrogen-bond acceptors (Lipinski definition) is 3. The lowest BCUT2D eigenvalue weighted by molar-refractivity contribution is 0.169. The molecule has 0 radical (unpaired) electrons. The van der Waals surface area contributed by atoms with Crippen molar-refractivity contribution in [3.05, 3.63) is 155 Å². The van der Waals surface area contributed by atoms with Gasteiger partial charge in [0.1, 0.15) is 7.14 Å². The molecule has 0 bridgehead atoms. The highest BCUT2D eigenvalue weighted by Crippen LogP contribution is 2.47. The first-order chi connectivity index (χ1) is 18.0. The second-order valence-electron chi connectivity index (χ2n) is 8.81. The minimum Gasteiger partial charge on any atom is -0.428 e. The summed E-state index contributed by atoms with van der Waals surface area (Å²) in [5.74, 6) is 0. The summed E-state index contributed by atoms with van der Waals surface area (Å²) in [5.41, 5.74) is 0.641. The van der Waals surface area contributed by atoms with E-state index in [0.29, 0.717) is 28.2 Å². The summed E-state index contributed by atoms with van der Waals surface area (Å²) in [4.78, 5) is 12.9. The highest BCUT2D eigenvalue weighted by atomic mass is 31.2. The standard InChI is InChI=1S/C31H27NO3P2/c33-27-21-25(23-36(28-13-5-1-6-14-28)29-15-7-2-8-16-29)32(34)26(22-27)24-37(35,30-17-9-3-10-18-30)31-19-11-4-12-20-31/h1-22,34H,23-24H2. The predicted molar refractivity (Wildman–Crippen MR) is 154 cm³/mol. The third-order valence-electron chi connectivity index (χ3n) is 6.35. The van der Waals surface area contributed by atoms with E-state index in [1.807, 2.05) is 97.1 Å². The molecule has 0 saturated carbocycles. The largest absolute Gasteiger partial charge is 0.428 e. The van der Waals surface area contributed by atoms with Crippen LogP contribution in [-0.4, -0.2) is 9.94 Å². The maximum Gasteiger partial charge on any atom is 0.182 e. The molecule has 6 heteroatoms. The van der Waals surface area contributed by atoms with Crippen LogP contribution in [0.25, 0.3) is 0 Å². The summed E-state index contributed by atoms with van der Waals surface area (Å²) in [6.07, 6.45) is 0.513. The van der Waals surface area contributed by atoms with E-state index in [-0.39, 0.29) is 11.6 Å². The van der Waals surface area contributed by atoms with Crippen LogP contribution in [0.3, 0.4) is 0 Å². The van der Waals surface area contributed by atoms with Gasteiger partial charge < -0.3 is 9.77 Å². The highest BCUT2D eigenvalue weighted by Gasteiger charge is 2.29. The van der Waals surface area contributed by atoms with Crippen LogP contribution in [0.2, 0.25) is 0 Å². The van der Waals surface area contributed by atoms with Gasteiger partial charge in [0.05, 0.1) is 17.5 Å². The van der Waals surface area contributed by atoms with Gasteiger partial charge in [-0.2, -0.15) is 4.73 Å². The fourth-order valence-electron chi connectivity index (χ4n) is 4.51. The molecule has 5 rings (SSSR count). The molecule has 0 aliphatic heterocycles. The molecule has 0 fully saturated rings. The zero-order valence-electron chi connectivity index (χ0n) is 20.2. The van der Waals surface area contributed by atoms with Crippen LogP contribution in [0, 0.1) is 0 Å². The van der Waals surface area contributed by atoms with Crippen molar-refractivity contribution in [3.8, 4) is 0 Å². The third kappa shape index (κ3) is 5.52. The molecule has 1 heterocycles. The summed E-state index contributed by atoms with van der Waals surface area (Å²) in [6.45, 7) is 0. The van der Waals surface area contributed by atoms with Crippen molar-refractivity contribution < 1.29 is 9.77 Å². The Morgan fingerprint density at radius 2 is 1.03 bits per heavy atom. The minimum absolute atomic E-state index is 0.0369. The zero-order chi connectivity index (χ0) is 25.7. The van der Waals surface area contributed by atoms with E-state index in [9.17, 15) is 14.6 Å². The van der Waals surface area contributed by atoms with E-state index >= 15 is 0 Å². The summed E-state index contributed by atoms with van der Waals surface area (Å²) in [5, 5.41) is 15.1. The lowest BCUT2D eigenvalue weighted by atomic mass is 10.3. The van der Waals surface area contributed by atoms with Gasteiger partial charge in [0.15, 0.2) is 5.43 Å². The summed E-state index contributed by atoms with van der Waals surface area (Å²) < 4.78 is 15.7. The Hall–Kier alpha value is -3.71. The average molecular weight is 524 g/mol. The highest BCUT2D eigenvalue weighted by molar-refractivity contribution is 7.78. The van der Waals surface area contributed by atoms with Gasteiger partial charge in [-0.1, -0.05) is 121 Å². The van der Waals surface area contributed by atoms with Crippen molar-refractivity contribution >= 4 is 36.3 Å². The summed E-state index contributed by atoms with van der Waals surface area (Å²) in [6, 6.07) is 41.8. The van der Waals surface area contributed by atoms with Crippen molar-refractivity contribution in [1.82, 2.24) is 4.73 Å². The van der Waals surface area contributed by atoms with E-state index < -0.39 is 15.1 Å². The van der Waals surface area contributed by atoms with Gasteiger partial charge in [0, 0.05) is 28.9 Å². The number of benzene rings is 4. The van der Waals surface area contributed by atoms with Crippen molar-refractivity contribution in [2.24, 2.45) is 0 Å². The van der Waals surface area contributed by atoms with E-state index in [4.69, 9.17) is 0 Å². The van der Waals surface area contributed by atoms with Gasteiger partial charge in [-0.25, -0.2) is 0 Å². The van der Waals surface area contributed by atoms with Crippen LogP contribution in [0.5, 0.6) is 0 Å². The Kier molecular flexibility index (Phi) is 7.51. The van der Waals surface area contributed by atoms with Gasteiger partial charge in [0.2, 0.25) is 0 Å². The lowest BCUT2D eigenvalue weighted by Gasteiger charge is -2.23. The Labute approximate surface area is 218 Å². The molecule has 1 N–H and O–H groups in total. The topological polar surface area (TPSA) is 59.3 Å². The van der Waals surface area contributed by atoms with Crippen LogP contribution < -0.4 is 26.6 Å². The van der Waals surface area contributed by atoms with Gasteiger partial charge in [-0.3, -0.25) is 4.79 Å². The van der Waals surface area contributed by atoms with Crippen molar-refractivity contribution in [2.45, 2.75) is 12.3 Å². The minimum atomic E-state index is -3.18. The number of hydrogen-bond donors (Lipinski definition) is 1. The summed E-state index contributed by atoms with van der Waals surface area (Å²) in [7, 11) is -4.06. The van der Waals surface area contributed by atoms with Gasteiger partial charge in [0.25, 0.3) is 0 Å². The molecule has 4 aromatic carbocycles. The van der Waals surface area contributed by atoms with Crippen LogP contribution in [0.4, 0.5) is 0 Å². The molecule has 4 nitrogen and oxygen atoms in total. The van der Waals surface area contributed by atoms with E-state index in [1.165, 1.54) is 12.1 Å². The number of rotatable bonds is 8. The average Bonchev–Trinajstić information content (AvgIpc) is 2.96. The number of pyridine rings is 1. The van der Waals surface area contributed by atoms with E-state index in [1.54, 1.807) is 0 Å². The van der Waals surface area contributed by atoms with Crippen LogP contribution in [-0.2, 0) is 16.9 Å². The summed E-state index contributed by atoms with van der Waals surface area (Å²) >= 11 is 0. The molecule has 0 aliphatic rings. The monoisotopic (exact) mass is 523 g/mol. The van der Waals surface area contributed by atoms with E-state index in [0.717, 1.165) is 15.3 Å². The molecule has 1 aromatic heterocycles. The molecule has 0 atom stereocenters. The maximum absolute atomic E-state index is 14.6. The molecule has 0 aliphatic carbocycles. The van der Waals surface area contributed by atoms with Gasteiger partial charge >= 0.3 is 0 Å². The maximum atomic E-state index is 14.6. The van der Waals surface area contributed by atoms with Crippen molar-refractivity contribution in [1.29, 1.82) is 0 Å². The smallest absolute Gasteiger partial charge is 0.182 e.